The molecule has 0 aromatic carbocycles. The van der Waals surface area contributed by atoms with Crippen LogP contribution in [0.15, 0.2) is 23.3 Å². The van der Waals surface area contributed by atoms with E-state index in [4.69, 9.17) is 0 Å². The Hall–Kier alpha value is -0.870. The predicted molar refractivity (Wildman–Crippen MR) is 72.5 cm³/mol. The molecule has 1 rings (SSSR count). The van der Waals surface area contributed by atoms with Crippen LogP contribution in [-0.2, 0) is 6.54 Å². The Balaban J connectivity index is 2.33. The third-order valence-electron chi connectivity index (χ3n) is 2.05. The lowest BCUT2D eigenvalue weighted by molar-refractivity contribution is 0.715. The van der Waals surface area contributed by atoms with Gasteiger partial charge in [-0.3, -0.25) is 9.98 Å². The molecule has 1 N–H and O–H groups in total. The van der Waals surface area contributed by atoms with Crippen molar-refractivity contribution in [1.29, 1.82) is 0 Å². The summed E-state index contributed by atoms with van der Waals surface area (Å²) in [5.74, 6) is 2.34. The number of thioether (sulfide) groups is 1. The Morgan fingerprint density at radius 2 is 2.44 bits per heavy atom. The van der Waals surface area contributed by atoms with E-state index in [-0.39, 0.29) is 0 Å². The Kier molecular flexibility index (Phi) is 6.85. The first-order valence-electron chi connectivity index (χ1n) is 5.52. The van der Waals surface area contributed by atoms with Gasteiger partial charge < -0.3 is 5.32 Å². The standard InChI is InChI=1S/C12H19N3S/c1-3-16-7-6-14-10-12-8-11(9-13-2)4-5-15-12/h4-5,8-9,14H,3,6-7,10H2,1-2H3. The van der Waals surface area contributed by atoms with Crippen molar-refractivity contribution < 1.29 is 0 Å². The third-order valence-corrected chi connectivity index (χ3v) is 2.95. The second kappa shape index (κ2) is 8.30. The zero-order valence-electron chi connectivity index (χ0n) is 9.94. The number of nitrogens with zero attached hydrogens (tertiary/aromatic N) is 2. The van der Waals surface area contributed by atoms with Crippen molar-refractivity contribution in [3.05, 3.63) is 29.6 Å². The average molecular weight is 237 g/mol. The molecule has 16 heavy (non-hydrogen) atoms. The van der Waals surface area contributed by atoms with Crippen LogP contribution < -0.4 is 5.32 Å². The van der Waals surface area contributed by atoms with Crippen LogP contribution in [0.2, 0.25) is 0 Å². The fourth-order valence-electron chi connectivity index (χ4n) is 1.33. The number of nitrogens with one attached hydrogen (secondary N) is 1. The van der Waals surface area contributed by atoms with Crippen molar-refractivity contribution in [3.8, 4) is 0 Å². The largest absolute Gasteiger partial charge is 0.310 e. The maximum Gasteiger partial charge on any atom is 0.0548 e. The summed E-state index contributed by atoms with van der Waals surface area (Å²) in [6.45, 7) is 4.04. The van der Waals surface area contributed by atoms with Gasteiger partial charge in [-0.1, -0.05) is 6.92 Å². The highest BCUT2D eigenvalue weighted by molar-refractivity contribution is 7.99. The topological polar surface area (TPSA) is 37.3 Å². The second-order valence-corrected chi connectivity index (χ2v) is 4.74. The van der Waals surface area contributed by atoms with Crippen molar-refractivity contribution in [2.45, 2.75) is 13.5 Å². The lowest BCUT2D eigenvalue weighted by Gasteiger charge is -2.04. The van der Waals surface area contributed by atoms with Gasteiger partial charge in [-0.05, 0) is 23.4 Å². The van der Waals surface area contributed by atoms with E-state index >= 15 is 0 Å². The molecule has 0 spiro atoms. The van der Waals surface area contributed by atoms with Crippen LogP contribution in [0.1, 0.15) is 18.2 Å². The van der Waals surface area contributed by atoms with Gasteiger partial charge in [0.1, 0.15) is 0 Å². The molecular weight excluding hydrogens is 218 g/mol. The van der Waals surface area contributed by atoms with Crippen molar-refractivity contribution in [2.75, 3.05) is 25.1 Å². The van der Waals surface area contributed by atoms with Crippen LogP contribution in [0.4, 0.5) is 0 Å². The first-order chi connectivity index (χ1) is 7.86. The van der Waals surface area contributed by atoms with Gasteiger partial charge in [-0.15, -0.1) is 0 Å². The third kappa shape index (κ3) is 5.28. The Morgan fingerprint density at radius 3 is 3.19 bits per heavy atom. The van der Waals surface area contributed by atoms with Gasteiger partial charge in [-0.2, -0.15) is 11.8 Å². The monoisotopic (exact) mass is 237 g/mol. The summed E-state index contributed by atoms with van der Waals surface area (Å²) in [6, 6.07) is 4.02. The number of hydrogen-bond donors (Lipinski definition) is 1. The molecule has 4 heteroatoms. The fraction of sp³-hybridized carbons (Fsp3) is 0.500. The first-order valence-corrected chi connectivity index (χ1v) is 6.68. The first kappa shape index (κ1) is 13.2. The van der Waals surface area contributed by atoms with Crippen molar-refractivity contribution >= 4 is 18.0 Å². The summed E-state index contributed by atoms with van der Waals surface area (Å²) < 4.78 is 0. The summed E-state index contributed by atoms with van der Waals surface area (Å²) in [4.78, 5) is 8.30. The summed E-state index contributed by atoms with van der Waals surface area (Å²) in [7, 11) is 1.78. The average Bonchev–Trinajstić information content (AvgIpc) is 2.30. The van der Waals surface area contributed by atoms with Crippen LogP contribution >= 0.6 is 11.8 Å². The highest BCUT2D eigenvalue weighted by atomic mass is 32.2. The number of hydrogen-bond acceptors (Lipinski definition) is 4. The van der Waals surface area contributed by atoms with Crippen LogP contribution in [0.3, 0.4) is 0 Å². The molecule has 0 amide bonds. The van der Waals surface area contributed by atoms with Gasteiger partial charge in [0, 0.05) is 38.3 Å². The van der Waals surface area contributed by atoms with E-state index in [1.165, 1.54) is 5.75 Å². The Morgan fingerprint density at radius 1 is 1.56 bits per heavy atom. The number of rotatable bonds is 7. The van der Waals surface area contributed by atoms with Gasteiger partial charge in [0.25, 0.3) is 0 Å². The van der Waals surface area contributed by atoms with E-state index < -0.39 is 0 Å². The number of aromatic nitrogens is 1. The zero-order chi connectivity index (χ0) is 11.6. The maximum absolute atomic E-state index is 4.31. The lowest BCUT2D eigenvalue weighted by Crippen LogP contribution is -2.17. The highest BCUT2D eigenvalue weighted by Gasteiger charge is 1.95. The second-order valence-electron chi connectivity index (χ2n) is 3.34. The molecule has 88 valence electrons. The molecule has 0 atom stereocenters. The molecule has 0 aliphatic carbocycles. The molecular formula is C12H19N3S. The molecule has 1 heterocycles. The fourth-order valence-corrected chi connectivity index (χ4v) is 1.91. The maximum atomic E-state index is 4.31. The molecule has 1 aromatic rings. The summed E-state index contributed by atoms with van der Waals surface area (Å²) in [5.41, 5.74) is 2.18. The van der Waals surface area contributed by atoms with Gasteiger partial charge >= 0.3 is 0 Å². The Bertz CT molecular complexity index is 326. The number of pyridine rings is 1. The van der Waals surface area contributed by atoms with E-state index in [0.29, 0.717) is 0 Å². The molecule has 1 aromatic heterocycles. The molecule has 0 aliphatic heterocycles. The summed E-state index contributed by atoms with van der Waals surface area (Å²) in [5, 5.41) is 3.38. The SMILES string of the molecule is CCSCCNCc1cc(C=NC)ccn1. The van der Waals surface area contributed by atoms with E-state index in [1.54, 1.807) is 7.05 Å². The van der Waals surface area contributed by atoms with E-state index in [9.17, 15) is 0 Å². The lowest BCUT2D eigenvalue weighted by atomic mass is 10.2. The van der Waals surface area contributed by atoms with Crippen LogP contribution in [0.5, 0.6) is 0 Å². The Labute approximate surface area is 102 Å². The van der Waals surface area contributed by atoms with Gasteiger partial charge in [0.15, 0.2) is 0 Å². The summed E-state index contributed by atoms with van der Waals surface area (Å²) in [6.07, 6.45) is 3.67. The normalized spacial score (nSPS) is 11.1. The highest BCUT2D eigenvalue weighted by Crippen LogP contribution is 2.00. The molecule has 3 nitrogen and oxygen atoms in total. The van der Waals surface area contributed by atoms with Crippen LogP contribution in [-0.4, -0.2) is 36.3 Å². The minimum absolute atomic E-state index is 0.829. The smallest absolute Gasteiger partial charge is 0.0548 e. The van der Waals surface area contributed by atoms with Crippen molar-refractivity contribution in [1.82, 2.24) is 10.3 Å². The van der Waals surface area contributed by atoms with Gasteiger partial charge in [-0.25, -0.2) is 0 Å². The molecule has 0 fully saturated rings. The van der Waals surface area contributed by atoms with E-state index in [0.717, 1.165) is 30.1 Å². The van der Waals surface area contributed by atoms with Crippen molar-refractivity contribution in [2.24, 2.45) is 4.99 Å². The zero-order valence-corrected chi connectivity index (χ0v) is 10.8. The predicted octanol–water partition coefficient (Wildman–Crippen LogP) is 1.97. The minimum atomic E-state index is 0.829. The van der Waals surface area contributed by atoms with E-state index in [2.05, 4.69) is 28.3 Å². The van der Waals surface area contributed by atoms with Crippen molar-refractivity contribution in [3.63, 3.8) is 0 Å². The van der Waals surface area contributed by atoms with Crippen LogP contribution in [0.25, 0.3) is 0 Å². The van der Waals surface area contributed by atoms with Gasteiger partial charge in [0.2, 0.25) is 0 Å². The quantitative estimate of drug-likeness (QED) is 0.582. The molecule has 0 saturated carbocycles. The van der Waals surface area contributed by atoms with E-state index in [1.807, 2.05) is 30.2 Å². The molecule has 0 radical (unpaired) electrons. The summed E-state index contributed by atoms with van der Waals surface area (Å²) >= 11 is 1.95. The molecule has 0 aliphatic rings. The molecule has 0 unspecified atom stereocenters. The molecule has 0 bridgehead atoms. The minimum Gasteiger partial charge on any atom is -0.310 e. The molecule has 0 saturated heterocycles. The van der Waals surface area contributed by atoms with Crippen LogP contribution in [0, 0.1) is 0 Å². The number of aliphatic imine (C=N–C) groups is 1. The van der Waals surface area contributed by atoms with Gasteiger partial charge in [0.05, 0.1) is 5.69 Å².